The second-order valence-electron chi connectivity index (χ2n) is 12.4. The molecule has 1 aliphatic rings. The minimum Gasteiger partial charge on any atom is -0.481 e. The van der Waals surface area contributed by atoms with Crippen LogP contribution in [0, 0.1) is 0 Å². The van der Waals surface area contributed by atoms with E-state index in [0.29, 0.717) is 37.9 Å². The fourth-order valence-electron chi connectivity index (χ4n) is 6.03. The first-order valence-electron chi connectivity index (χ1n) is 16.6. The van der Waals surface area contributed by atoms with E-state index in [2.05, 4.69) is 30.9 Å². The van der Waals surface area contributed by atoms with Gasteiger partial charge in [0.15, 0.2) is 0 Å². The summed E-state index contributed by atoms with van der Waals surface area (Å²) >= 11 is 0. The summed E-state index contributed by atoms with van der Waals surface area (Å²) in [6.07, 6.45) is 6.23. The molecule has 3 aromatic rings. The number of unbranched alkanes of at least 4 members (excludes halogenated alkanes) is 1. The van der Waals surface area contributed by atoms with Gasteiger partial charge in [0, 0.05) is 54.8 Å². The molecule has 0 aliphatic carbocycles. The van der Waals surface area contributed by atoms with Gasteiger partial charge in [0.05, 0.1) is 12.4 Å². The Morgan fingerprint density at radius 1 is 0.940 bits per heavy atom. The highest BCUT2D eigenvalue weighted by Crippen LogP contribution is 2.22. The first kappa shape index (κ1) is 37.5. The van der Waals surface area contributed by atoms with Crippen molar-refractivity contribution >= 4 is 46.5 Å². The van der Waals surface area contributed by atoms with Gasteiger partial charge in [-0.3, -0.25) is 24.0 Å². The average Bonchev–Trinajstić information content (AvgIpc) is 3.87. The number of hydrogen-bond donors (Lipinski definition) is 9. The Morgan fingerprint density at radius 3 is 2.40 bits per heavy atom. The molecule has 1 aromatic carbocycles. The smallest absolute Gasteiger partial charge is 0.326 e. The predicted octanol–water partition coefficient (Wildman–Crippen LogP) is -0.473. The van der Waals surface area contributed by atoms with Crippen molar-refractivity contribution in [3.8, 4) is 0 Å². The Morgan fingerprint density at radius 2 is 1.70 bits per heavy atom. The topological polar surface area (TPSA) is 279 Å². The summed E-state index contributed by atoms with van der Waals surface area (Å²) in [5.74, 6) is -5.15. The Balaban J connectivity index is 1.56. The molecule has 11 N–H and O–H groups in total. The molecule has 3 heterocycles. The van der Waals surface area contributed by atoms with E-state index in [1.165, 1.54) is 17.4 Å². The number of carbonyl (C=O) groups excluding carboxylic acids is 4. The molecule has 270 valence electrons. The number of likely N-dealkylation sites (tertiary alicyclic amines) is 1. The first-order valence-corrected chi connectivity index (χ1v) is 16.6. The fourth-order valence-corrected chi connectivity index (χ4v) is 6.03. The first-order chi connectivity index (χ1) is 24.0. The zero-order valence-electron chi connectivity index (χ0n) is 27.6. The maximum Gasteiger partial charge on any atom is 0.326 e. The van der Waals surface area contributed by atoms with Gasteiger partial charge >= 0.3 is 11.9 Å². The normalized spacial score (nSPS) is 16.7. The van der Waals surface area contributed by atoms with E-state index in [4.69, 9.17) is 16.6 Å². The average molecular weight is 696 g/mol. The number of rotatable bonds is 19. The van der Waals surface area contributed by atoms with E-state index in [1.54, 1.807) is 6.20 Å². The van der Waals surface area contributed by atoms with Crippen molar-refractivity contribution in [2.45, 2.75) is 88.0 Å². The van der Waals surface area contributed by atoms with Crippen molar-refractivity contribution in [1.29, 1.82) is 0 Å². The lowest BCUT2D eigenvalue weighted by Gasteiger charge is -2.30. The number of aliphatic carboxylic acids is 2. The van der Waals surface area contributed by atoms with E-state index in [-0.39, 0.29) is 32.2 Å². The van der Waals surface area contributed by atoms with Crippen LogP contribution in [0.4, 0.5) is 0 Å². The quantitative estimate of drug-likeness (QED) is 0.0723. The second kappa shape index (κ2) is 17.9. The van der Waals surface area contributed by atoms with Crippen LogP contribution in [0.3, 0.4) is 0 Å². The van der Waals surface area contributed by atoms with Crippen molar-refractivity contribution < 1.29 is 39.0 Å². The maximum absolute atomic E-state index is 14.1. The highest BCUT2D eigenvalue weighted by molar-refractivity contribution is 5.96. The van der Waals surface area contributed by atoms with Crippen molar-refractivity contribution in [3.05, 3.63) is 54.2 Å². The summed E-state index contributed by atoms with van der Waals surface area (Å²) in [7, 11) is 0. The highest BCUT2D eigenvalue weighted by atomic mass is 16.4. The molecule has 17 heteroatoms. The lowest BCUT2D eigenvalue weighted by atomic mass is 10.0. The number of nitrogens with zero attached hydrogens (tertiary/aromatic N) is 2. The third-order valence-electron chi connectivity index (χ3n) is 8.73. The number of nitrogens with two attached hydrogens (primary N) is 2. The molecule has 1 saturated heterocycles. The number of imidazole rings is 1. The summed E-state index contributed by atoms with van der Waals surface area (Å²) in [5.41, 5.74) is 13.8. The molecule has 4 rings (SSSR count). The molecule has 0 saturated carbocycles. The predicted molar refractivity (Wildman–Crippen MR) is 180 cm³/mol. The number of carboxylic acid groups (broad SMARTS) is 2. The second-order valence-corrected chi connectivity index (χ2v) is 12.4. The van der Waals surface area contributed by atoms with E-state index in [0.717, 1.165) is 16.5 Å². The molecule has 0 radical (unpaired) electrons. The number of benzene rings is 1. The van der Waals surface area contributed by atoms with Gasteiger partial charge in [-0.25, -0.2) is 9.78 Å². The van der Waals surface area contributed by atoms with Crippen LogP contribution in [-0.2, 0) is 41.6 Å². The van der Waals surface area contributed by atoms with Crippen molar-refractivity contribution in [2.24, 2.45) is 11.5 Å². The largest absolute Gasteiger partial charge is 0.481 e. The van der Waals surface area contributed by atoms with Gasteiger partial charge in [-0.2, -0.15) is 0 Å². The number of H-pyrrole nitrogens is 2. The van der Waals surface area contributed by atoms with Crippen molar-refractivity contribution in [3.63, 3.8) is 0 Å². The van der Waals surface area contributed by atoms with Gasteiger partial charge in [-0.15, -0.1) is 0 Å². The Bertz CT molecular complexity index is 1640. The molecule has 2 aromatic heterocycles. The summed E-state index contributed by atoms with van der Waals surface area (Å²) in [5, 5.41) is 27.3. The third kappa shape index (κ3) is 10.1. The summed E-state index contributed by atoms with van der Waals surface area (Å²) in [6, 6.07) is 1.73. The maximum atomic E-state index is 14.1. The van der Waals surface area contributed by atoms with Gasteiger partial charge in [0.25, 0.3) is 0 Å². The minimum atomic E-state index is -1.47. The molecule has 50 heavy (non-hydrogen) atoms. The van der Waals surface area contributed by atoms with Gasteiger partial charge in [-0.05, 0) is 50.3 Å². The van der Waals surface area contributed by atoms with Crippen LogP contribution in [-0.4, -0.2) is 109 Å². The van der Waals surface area contributed by atoms with Crippen LogP contribution in [0.5, 0.6) is 0 Å². The minimum absolute atomic E-state index is 0.0296. The number of aromatic nitrogens is 3. The number of hydrogen-bond acceptors (Lipinski definition) is 9. The molecular weight excluding hydrogens is 650 g/mol. The molecule has 1 aliphatic heterocycles. The van der Waals surface area contributed by atoms with Gasteiger partial charge in [0.2, 0.25) is 23.6 Å². The molecule has 0 bridgehead atoms. The summed E-state index contributed by atoms with van der Waals surface area (Å²) < 4.78 is 0. The van der Waals surface area contributed by atoms with E-state index >= 15 is 0 Å². The SMILES string of the molecule is NCCCC[C@H](N)C(=O)N[C@@H](Cc1c[nH]c2ccccc12)C(=O)N[C@@H](Cc1cnc[nH]1)C(=O)N1CCC[C@H]1C(=O)N[C@@H](CCC(=O)O)C(=O)O. The third-order valence-corrected chi connectivity index (χ3v) is 8.73. The highest BCUT2D eigenvalue weighted by Gasteiger charge is 2.40. The van der Waals surface area contributed by atoms with Gasteiger partial charge < -0.3 is 52.5 Å². The lowest BCUT2D eigenvalue weighted by molar-refractivity contribution is -0.145. The van der Waals surface area contributed by atoms with Gasteiger partial charge in [0.1, 0.15) is 24.2 Å². The van der Waals surface area contributed by atoms with Crippen LogP contribution in [0.2, 0.25) is 0 Å². The number of para-hydroxylation sites is 1. The van der Waals surface area contributed by atoms with E-state index in [1.807, 2.05) is 24.3 Å². The molecular formula is C33H45N9O8. The molecule has 1 fully saturated rings. The van der Waals surface area contributed by atoms with Crippen LogP contribution in [0.25, 0.3) is 10.9 Å². The molecule has 4 amide bonds. The Hall–Kier alpha value is -5.29. The monoisotopic (exact) mass is 695 g/mol. The van der Waals surface area contributed by atoms with Crippen molar-refractivity contribution in [1.82, 2.24) is 35.8 Å². The van der Waals surface area contributed by atoms with E-state index in [9.17, 15) is 33.9 Å². The van der Waals surface area contributed by atoms with Gasteiger partial charge in [-0.1, -0.05) is 24.6 Å². The van der Waals surface area contributed by atoms with E-state index < -0.39 is 72.2 Å². The molecule has 0 spiro atoms. The molecule has 0 unspecified atom stereocenters. The summed E-state index contributed by atoms with van der Waals surface area (Å²) in [6.45, 7) is 0.613. The number of nitrogens with one attached hydrogen (secondary N) is 5. The van der Waals surface area contributed by atoms with Crippen LogP contribution in [0.15, 0.2) is 43.0 Å². The number of carbonyl (C=O) groups is 6. The number of aromatic amines is 2. The number of amides is 4. The zero-order chi connectivity index (χ0) is 36.2. The molecule has 5 atom stereocenters. The fraction of sp³-hybridized carbons (Fsp3) is 0.485. The van der Waals surface area contributed by atoms with Crippen molar-refractivity contribution in [2.75, 3.05) is 13.1 Å². The Kier molecular flexibility index (Phi) is 13.4. The van der Waals surface area contributed by atoms with Crippen LogP contribution < -0.4 is 27.4 Å². The standard InChI is InChI=1S/C33H45N9O8/c34-12-4-3-7-22(35)29(45)40-25(14-19-16-37-23-8-2-1-6-21(19)23)30(46)41-26(15-20-17-36-18-38-20)32(48)42-13-5-9-27(42)31(47)39-24(33(49)50)10-11-28(43)44/h1-2,6,8,16-18,22,24-27,37H,3-5,7,9-15,34-35H2,(H,36,38)(H,39,47)(H,40,45)(H,41,46)(H,43,44)(H,49,50)/t22-,24-,25-,26-,27-/m0/s1. The Labute approximate surface area is 287 Å². The van der Waals surface area contributed by atoms with Crippen LogP contribution in [0.1, 0.15) is 56.2 Å². The number of fused-ring (bicyclic) bond motifs is 1. The zero-order valence-corrected chi connectivity index (χ0v) is 27.6. The number of carboxylic acids is 2. The van der Waals surface area contributed by atoms with Crippen LogP contribution >= 0.6 is 0 Å². The molecule has 17 nitrogen and oxygen atoms in total. The lowest BCUT2D eigenvalue weighted by Crippen LogP contribution is -2.59. The summed E-state index contributed by atoms with van der Waals surface area (Å²) in [4.78, 5) is 88.8.